The number of anilines is 1. The highest BCUT2D eigenvalue weighted by molar-refractivity contribution is 7.89. The maximum absolute atomic E-state index is 13.1. The van der Waals surface area contributed by atoms with Gasteiger partial charge in [-0.05, 0) is 36.2 Å². The van der Waals surface area contributed by atoms with E-state index in [9.17, 15) is 22.8 Å². The zero-order valence-corrected chi connectivity index (χ0v) is 23.0. The quantitative estimate of drug-likeness (QED) is 0.497. The zero-order chi connectivity index (χ0) is 28.0. The topological polar surface area (TPSA) is 155 Å². The van der Waals surface area contributed by atoms with Crippen LogP contribution in [-0.4, -0.2) is 74.0 Å². The molecule has 0 saturated carbocycles. The molecule has 0 fully saturated rings. The molecule has 1 N–H and O–H groups in total. The molecule has 38 heavy (non-hydrogen) atoms. The van der Waals surface area contributed by atoms with Gasteiger partial charge >= 0.3 is 0 Å². The molecule has 3 rings (SSSR count). The highest BCUT2D eigenvalue weighted by atomic mass is 32.2. The van der Waals surface area contributed by atoms with Crippen LogP contribution in [0.2, 0.25) is 0 Å². The van der Waals surface area contributed by atoms with Gasteiger partial charge in [-0.15, -0.1) is 11.3 Å². The molecule has 2 aromatic rings. The first kappa shape index (κ1) is 28.8. The number of rotatable bonds is 9. The van der Waals surface area contributed by atoms with E-state index < -0.39 is 15.9 Å². The van der Waals surface area contributed by atoms with E-state index >= 15 is 0 Å². The van der Waals surface area contributed by atoms with Crippen LogP contribution in [0.25, 0.3) is 0 Å². The molecule has 200 valence electrons. The minimum Gasteiger partial charge on any atom is -0.345 e. The van der Waals surface area contributed by atoms with Crippen LogP contribution < -0.4 is 5.32 Å². The van der Waals surface area contributed by atoms with Crippen molar-refractivity contribution in [3.05, 3.63) is 45.8 Å². The maximum Gasteiger partial charge on any atom is 0.256 e. The molecule has 1 aromatic heterocycles. The summed E-state index contributed by atoms with van der Waals surface area (Å²) in [5.41, 5.74) is 1.40. The third-order valence-corrected chi connectivity index (χ3v) is 9.09. The van der Waals surface area contributed by atoms with Crippen LogP contribution in [-0.2, 0) is 27.8 Å². The molecule has 13 heteroatoms. The van der Waals surface area contributed by atoms with Crippen molar-refractivity contribution in [3.8, 4) is 12.1 Å². The lowest BCUT2D eigenvalue weighted by Crippen LogP contribution is -2.34. The standard InChI is InChI=1S/C25H28N6O5S2/c1-17(32)30-15-10-20-21(16-30)37-24(22(20)25(34)29(2)3)28-23(33)18-6-8-19(9-7-18)38(35,36)31(13-4-11-26)14-5-12-27/h6-9H,4-5,10,13-16H2,1-3H3,(H,28,33). The van der Waals surface area contributed by atoms with Gasteiger partial charge in [-0.25, -0.2) is 8.42 Å². The van der Waals surface area contributed by atoms with Gasteiger partial charge in [0.1, 0.15) is 5.00 Å². The van der Waals surface area contributed by atoms with Gasteiger partial charge < -0.3 is 15.1 Å². The van der Waals surface area contributed by atoms with Gasteiger partial charge in [0, 0.05) is 63.9 Å². The third-order valence-electron chi connectivity index (χ3n) is 6.05. The van der Waals surface area contributed by atoms with Crippen molar-refractivity contribution in [2.75, 3.05) is 39.0 Å². The van der Waals surface area contributed by atoms with Crippen LogP contribution in [0, 0.1) is 22.7 Å². The number of nitriles is 2. The molecule has 0 bridgehead atoms. The monoisotopic (exact) mass is 556 g/mol. The van der Waals surface area contributed by atoms with Gasteiger partial charge in [0.2, 0.25) is 15.9 Å². The Bertz CT molecular complexity index is 1400. The first-order valence-electron chi connectivity index (χ1n) is 11.8. The highest BCUT2D eigenvalue weighted by Crippen LogP contribution is 2.38. The molecule has 0 radical (unpaired) electrons. The number of sulfonamides is 1. The molecular formula is C25H28N6O5S2. The average Bonchev–Trinajstić information content (AvgIpc) is 3.24. The van der Waals surface area contributed by atoms with E-state index in [2.05, 4.69) is 5.32 Å². The van der Waals surface area contributed by atoms with Gasteiger partial charge in [-0.1, -0.05) is 0 Å². The summed E-state index contributed by atoms with van der Waals surface area (Å²) >= 11 is 1.25. The van der Waals surface area contributed by atoms with E-state index in [1.165, 1.54) is 47.4 Å². The summed E-state index contributed by atoms with van der Waals surface area (Å²) in [5.74, 6) is -0.844. The van der Waals surface area contributed by atoms with Gasteiger partial charge in [0.05, 0.1) is 29.1 Å². The predicted octanol–water partition coefficient (Wildman–Crippen LogP) is 2.42. The van der Waals surface area contributed by atoms with Crippen molar-refractivity contribution < 1.29 is 22.8 Å². The number of carbonyl (C=O) groups is 3. The van der Waals surface area contributed by atoms with Crippen molar-refractivity contribution in [3.63, 3.8) is 0 Å². The maximum atomic E-state index is 13.1. The number of amides is 3. The third kappa shape index (κ3) is 6.19. The number of hydrogen-bond acceptors (Lipinski definition) is 8. The summed E-state index contributed by atoms with van der Waals surface area (Å²) in [5, 5.41) is 20.9. The van der Waals surface area contributed by atoms with Crippen molar-refractivity contribution in [2.24, 2.45) is 0 Å². The lowest BCUT2D eigenvalue weighted by Gasteiger charge is -2.26. The minimum absolute atomic E-state index is 0.0197. The summed E-state index contributed by atoms with van der Waals surface area (Å²) in [6, 6.07) is 9.14. The summed E-state index contributed by atoms with van der Waals surface area (Å²) in [4.78, 5) is 41.8. The Hall–Kier alpha value is -3.78. The average molecular weight is 557 g/mol. The number of nitrogens with zero attached hydrogens (tertiary/aromatic N) is 5. The Morgan fingerprint density at radius 3 is 2.21 bits per heavy atom. The van der Waals surface area contributed by atoms with Gasteiger partial charge in [-0.2, -0.15) is 14.8 Å². The molecule has 11 nitrogen and oxygen atoms in total. The summed E-state index contributed by atoms with van der Waals surface area (Å²) in [6.45, 7) is 2.24. The second-order valence-electron chi connectivity index (χ2n) is 8.80. The van der Waals surface area contributed by atoms with Gasteiger partial charge in [0.15, 0.2) is 0 Å². The molecule has 1 aromatic carbocycles. The molecular weight excluding hydrogens is 528 g/mol. The second-order valence-corrected chi connectivity index (χ2v) is 11.8. The number of fused-ring (bicyclic) bond motifs is 1. The summed E-state index contributed by atoms with van der Waals surface area (Å²) in [7, 11) is -0.723. The smallest absolute Gasteiger partial charge is 0.256 e. The molecule has 2 heterocycles. The van der Waals surface area contributed by atoms with Gasteiger partial charge in [0.25, 0.3) is 11.8 Å². The van der Waals surface area contributed by atoms with Crippen LogP contribution >= 0.6 is 11.3 Å². The molecule has 0 aliphatic carbocycles. The normalized spacial score (nSPS) is 12.8. The van der Waals surface area contributed by atoms with E-state index in [0.29, 0.717) is 30.1 Å². The number of carbonyl (C=O) groups excluding carboxylic acids is 3. The lowest BCUT2D eigenvalue weighted by atomic mass is 10.0. The number of benzene rings is 1. The van der Waals surface area contributed by atoms with Crippen LogP contribution in [0.5, 0.6) is 0 Å². The zero-order valence-electron chi connectivity index (χ0n) is 21.4. The Labute approximate surface area is 225 Å². The molecule has 1 aliphatic rings. The van der Waals surface area contributed by atoms with Gasteiger partial charge in [-0.3, -0.25) is 14.4 Å². The predicted molar refractivity (Wildman–Crippen MR) is 141 cm³/mol. The Kier molecular flexibility index (Phi) is 9.22. The summed E-state index contributed by atoms with van der Waals surface area (Å²) < 4.78 is 27.1. The molecule has 0 atom stereocenters. The molecule has 3 amide bonds. The van der Waals surface area contributed by atoms with E-state index in [0.717, 1.165) is 14.7 Å². The molecule has 0 saturated heterocycles. The van der Waals surface area contributed by atoms with Crippen LogP contribution in [0.3, 0.4) is 0 Å². The fraction of sp³-hybridized carbons (Fsp3) is 0.400. The van der Waals surface area contributed by atoms with Crippen molar-refractivity contribution in [1.82, 2.24) is 14.1 Å². The Morgan fingerprint density at radius 2 is 1.68 bits per heavy atom. The van der Waals surface area contributed by atoms with Crippen molar-refractivity contribution in [2.45, 2.75) is 37.6 Å². The Balaban J connectivity index is 1.87. The van der Waals surface area contributed by atoms with E-state index in [-0.39, 0.29) is 48.2 Å². The largest absolute Gasteiger partial charge is 0.345 e. The number of thiophene rings is 1. The Morgan fingerprint density at radius 1 is 1.08 bits per heavy atom. The lowest BCUT2D eigenvalue weighted by molar-refractivity contribution is -0.129. The number of nitrogens with one attached hydrogen (secondary N) is 1. The van der Waals surface area contributed by atoms with Crippen molar-refractivity contribution >= 4 is 44.1 Å². The first-order valence-corrected chi connectivity index (χ1v) is 14.0. The van der Waals surface area contributed by atoms with Crippen LogP contribution in [0.15, 0.2) is 29.2 Å². The van der Waals surface area contributed by atoms with E-state index in [1.54, 1.807) is 19.0 Å². The van der Waals surface area contributed by atoms with E-state index in [1.807, 2.05) is 12.1 Å². The summed E-state index contributed by atoms with van der Waals surface area (Å²) in [6.07, 6.45) is 0.457. The fourth-order valence-electron chi connectivity index (χ4n) is 4.01. The molecule has 1 aliphatic heterocycles. The first-order chi connectivity index (χ1) is 18.0. The van der Waals surface area contributed by atoms with E-state index in [4.69, 9.17) is 10.5 Å². The second kappa shape index (κ2) is 12.2. The SMILES string of the molecule is CC(=O)N1CCc2c(sc(NC(=O)c3ccc(S(=O)(=O)N(CCC#N)CCC#N)cc3)c2C(=O)N(C)C)C1. The fourth-order valence-corrected chi connectivity index (χ4v) is 6.71. The minimum atomic E-state index is -3.97. The van der Waals surface area contributed by atoms with Crippen molar-refractivity contribution in [1.29, 1.82) is 10.5 Å². The molecule has 0 spiro atoms. The molecule has 0 unspecified atom stereocenters. The highest BCUT2D eigenvalue weighted by Gasteiger charge is 2.30. The number of hydrogen-bond donors (Lipinski definition) is 1. The van der Waals surface area contributed by atoms with Crippen LogP contribution in [0.1, 0.15) is 50.9 Å². The van der Waals surface area contributed by atoms with Crippen LogP contribution in [0.4, 0.5) is 5.00 Å².